The van der Waals surface area contributed by atoms with E-state index in [0.717, 1.165) is 0 Å². The number of nitrogens with one attached hydrogen (secondary N) is 1. The average Bonchev–Trinajstić information content (AvgIpc) is 2.27. The van der Waals surface area contributed by atoms with Crippen LogP contribution in [-0.2, 0) is 9.59 Å². The zero-order valence-corrected chi connectivity index (χ0v) is 11.0. The van der Waals surface area contributed by atoms with E-state index in [9.17, 15) is 14.0 Å². The number of carboxylic acids is 1. The van der Waals surface area contributed by atoms with E-state index in [2.05, 4.69) is 5.32 Å². The Bertz CT molecular complexity index is 460. The Morgan fingerprint density at radius 3 is 2.58 bits per heavy atom. The predicted octanol–water partition coefficient (Wildman–Crippen LogP) is 2.90. The first-order chi connectivity index (χ1) is 8.90. The minimum Gasteiger partial charge on any atom is -0.481 e. The van der Waals surface area contributed by atoms with Crippen molar-refractivity contribution in [2.45, 2.75) is 26.7 Å². The summed E-state index contributed by atoms with van der Waals surface area (Å²) in [7, 11) is 0. The van der Waals surface area contributed by atoms with Gasteiger partial charge in [-0.3, -0.25) is 9.59 Å². The van der Waals surface area contributed by atoms with E-state index in [-0.39, 0.29) is 24.7 Å². The summed E-state index contributed by atoms with van der Waals surface area (Å²) in [6.07, 6.45) is 0.375. The molecular weight excluding hydrogens is 249 g/mol. The topological polar surface area (TPSA) is 66.4 Å². The molecule has 0 radical (unpaired) electrons. The highest BCUT2D eigenvalue weighted by Gasteiger charge is 2.22. The van der Waals surface area contributed by atoms with Crippen LogP contribution in [0, 0.1) is 17.7 Å². The number of carbonyl (C=O) groups excluding carboxylic acids is 1. The highest BCUT2D eigenvalue weighted by atomic mass is 19.1. The molecule has 104 valence electrons. The molecule has 1 amide bonds. The van der Waals surface area contributed by atoms with Gasteiger partial charge in [0, 0.05) is 12.1 Å². The number of hydrogen-bond acceptors (Lipinski definition) is 2. The van der Waals surface area contributed by atoms with Crippen LogP contribution in [-0.4, -0.2) is 17.0 Å². The lowest BCUT2D eigenvalue weighted by Crippen LogP contribution is -2.22. The number of rotatable bonds is 6. The van der Waals surface area contributed by atoms with Crippen molar-refractivity contribution in [1.82, 2.24) is 0 Å². The van der Waals surface area contributed by atoms with Crippen LogP contribution in [0.2, 0.25) is 0 Å². The molecule has 0 aliphatic heterocycles. The molecule has 19 heavy (non-hydrogen) atoms. The molecule has 1 atom stereocenters. The van der Waals surface area contributed by atoms with Gasteiger partial charge >= 0.3 is 5.97 Å². The van der Waals surface area contributed by atoms with Crippen LogP contribution in [0.15, 0.2) is 24.3 Å². The molecular formula is C14H18FNO3. The van der Waals surface area contributed by atoms with E-state index in [4.69, 9.17) is 5.11 Å². The molecule has 2 N–H and O–H groups in total. The summed E-state index contributed by atoms with van der Waals surface area (Å²) < 4.78 is 12.9. The van der Waals surface area contributed by atoms with Gasteiger partial charge in [-0.1, -0.05) is 19.9 Å². The third-order valence-electron chi connectivity index (χ3n) is 2.91. The van der Waals surface area contributed by atoms with Crippen LogP contribution in [0.1, 0.15) is 26.7 Å². The monoisotopic (exact) mass is 267 g/mol. The molecule has 0 aliphatic rings. The van der Waals surface area contributed by atoms with Crippen LogP contribution in [0.25, 0.3) is 0 Å². The third kappa shape index (κ3) is 5.07. The molecule has 0 aromatic heterocycles. The van der Waals surface area contributed by atoms with Crippen molar-refractivity contribution in [3.05, 3.63) is 30.1 Å². The van der Waals surface area contributed by atoms with Crippen molar-refractivity contribution in [3.63, 3.8) is 0 Å². The molecule has 0 saturated carbocycles. The number of aliphatic carboxylic acids is 1. The Balaban J connectivity index is 2.50. The van der Waals surface area contributed by atoms with Crippen LogP contribution in [0.4, 0.5) is 10.1 Å². The number of amides is 1. The molecule has 1 unspecified atom stereocenters. The van der Waals surface area contributed by atoms with Crippen molar-refractivity contribution in [3.8, 4) is 0 Å². The molecule has 0 bridgehead atoms. The first-order valence-corrected chi connectivity index (χ1v) is 6.18. The van der Waals surface area contributed by atoms with Gasteiger partial charge in [-0.25, -0.2) is 4.39 Å². The Kier molecular flexibility index (Phi) is 5.48. The quantitative estimate of drug-likeness (QED) is 0.832. The minimum absolute atomic E-state index is 0.0283. The second kappa shape index (κ2) is 6.87. The van der Waals surface area contributed by atoms with Gasteiger partial charge in [-0.2, -0.15) is 0 Å². The van der Waals surface area contributed by atoms with E-state index < -0.39 is 17.7 Å². The maximum Gasteiger partial charge on any atom is 0.306 e. The van der Waals surface area contributed by atoms with Gasteiger partial charge in [0.15, 0.2) is 0 Å². The van der Waals surface area contributed by atoms with Gasteiger partial charge < -0.3 is 10.4 Å². The van der Waals surface area contributed by atoms with Crippen molar-refractivity contribution in [2.24, 2.45) is 11.8 Å². The Morgan fingerprint density at radius 2 is 2.05 bits per heavy atom. The smallest absolute Gasteiger partial charge is 0.306 e. The summed E-state index contributed by atoms with van der Waals surface area (Å²) in [5.41, 5.74) is 0.376. The minimum atomic E-state index is -0.895. The van der Waals surface area contributed by atoms with Crippen LogP contribution >= 0.6 is 0 Å². The van der Waals surface area contributed by atoms with Crippen molar-refractivity contribution in [2.75, 3.05) is 5.32 Å². The lowest BCUT2D eigenvalue weighted by atomic mass is 9.91. The number of hydrogen-bond donors (Lipinski definition) is 2. The van der Waals surface area contributed by atoms with Crippen molar-refractivity contribution < 1.29 is 19.1 Å². The zero-order valence-electron chi connectivity index (χ0n) is 11.0. The van der Waals surface area contributed by atoms with Crippen LogP contribution in [0.3, 0.4) is 0 Å². The molecule has 1 aromatic carbocycles. The maximum absolute atomic E-state index is 12.9. The lowest BCUT2D eigenvalue weighted by molar-refractivity contribution is -0.143. The molecule has 0 aliphatic carbocycles. The number of carboxylic acid groups (broad SMARTS) is 1. The van der Waals surface area contributed by atoms with E-state index >= 15 is 0 Å². The summed E-state index contributed by atoms with van der Waals surface area (Å²) in [4.78, 5) is 22.6. The Hall–Kier alpha value is -1.91. The summed E-state index contributed by atoms with van der Waals surface area (Å²) in [5.74, 6) is -2.20. The third-order valence-corrected chi connectivity index (χ3v) is 2.91. The van der Waals surface area contributed by atoms with Gasteiger partial charge in [0.25, 0.3) is 0 Å². The fourth-order valence-corrected chi connectivity index (χ4v) is 1.82. The first-order valence-electron chi connectivity index (χ1n) is 6.18. The summed E-state index contributed by atoms with van der Waals surface area (Å²) in [5, 5.41) is 11.5. The fourth-order valence-electron chi connectivity index (χ4n) is 1.82. The molecule has 5 heteroatoms. The summed E-state index contributed by atoms with van der Waals surface area (Å²) >= 11 is 0. The summed E-state index contributed by atoms with van der Waals surface area (Å²) in [6, 6.07) is 5.58. The molecule has 1 aromatic rings. The average molecular weight is 267 g/mol. The Labute approximate surface area is 111 Å². The predicted molar refractivity (Wildman–Crippen MR) is 70.2 cm³/mol. The second-order valence-electron chi connectivity index (χ2n) is 4.79. The second-order valence-corrected chi connectivity index (χ2v) is 4.79. The lowest BCUT2D eigenvalue weighted by Gasteiger charge is -2.15. The SMILES string of the molecule is CC(C)C(CCC(=O)Nc1cccc(F)c1)C(=O)O. The largest absolute Gasteiger partial charge is 0.481 e. The van der Waals surface area contributed by atoms with Crippen molar-refractivity contribution >= 4 is 17.6 Å². The number of halogens is 1. The number of carbonyl (C=O) groups is 2. The van der Waals surface area contributed by atoms with E-state index in [1.807, 2.05) is 13.8 Å². The Morgan fingerprint density at radius 1 is 1.37 bits per heavy atom. The maximum atomic E-state index is 12.9. The zero-order chi connectivity index (χ0) is 14.4. The van der Waals surface area contributed by atoms with Gasteiger partial charge in [0.1, 0.15) is 5.82 Å². The van der Waals surface area contributed by atoms with E-state index in [0.29, 0.717) is 5.69 Å². The van der Waals surface area contributed by atoms with Gasteiger partial charge in [0.2, 0.25) is 5.91 Å². The summed E-state index contributed by atoms with van der Waals surface area (Å²) in [6.45, 7) is 3.62. The standard InChI is InChI=1S/C14H18FNO3/c1-9(2)12(14(18)19)6-7-13(17)16-11-5-3-4-10(15)8-11/h3-5,8-9,12H,6-7H2,1-2H3,(H,16,17)(H,18,19). The molecule has 0 spiro atoms. The molecule has 0 saturated heterocycles. The molecule has 0 fully saturated rings. The van der Waals surface area contributed by atoms with Gasteiger partial charge in [-0.05, 0) is 30.5 Å². The van der Waals surface area contributed by atoms with E-state index in [1.165, 1.54) is 18.2 Å². The van der Waals surface area contributed by atoms with Crippen molar-refractivity contribution in [1.29, 1.82) is 0 Å². The molecule has 1 rings (SSSR count). The fraction of sp³-hybridized carbons (Fsp3) is 0.429. The molecule has 0 heterocycles. The van der Waals surface area contributed by atoms with Gasteiger partial charge in [-0.15, -0.1) is 0 Å². The van der Waals surface area contributed by atoms with E-state index in [1.54, 1.807) is 6.07 Å². The van der Waals surface area contributed by atoms with Crippen LogP contribution < -0.4 is 5.32 Å². The highest BCUT2D eigenvalue weighted by Crippen LogP contribution is 2.18. The van der Waals surface area contributed by atoms with Crippen LogP contribution in [0.5, 0.6) is 0 Å². The van der Waals surface area contributed by atoms with Gasteiger partial charge in [0.05, 0.1) is 5.92 Å². The normalized spacial score (nSPS) is 12.2. The first kappa shape index (κ1) is 15.1. The number of anilines is 1. The number of benzene rings is 1. The molecule has 4 nitrogen and oxygen atoms in total. The highest BCUT2D eigenvalue weighted by molar-refractivity contribution is 5.90.